The number of nitrogens with one attached hydrogen (secondary N) is 1. The highest BCUT2D eigenvalue weighted by molar-refractivity contribution is 5.42. The molecule has 0 amide bonds. The van der Waals surface area contributed by atoms with E-state index in [4.69, 9.17) is 4.42 Å². The second-order valence-electron chi connectivity index (χ2n) is 4.64. The topological polar surface area (TPSA) is 41.3 Å². The number of nitrogens with zero attached hydrogens (tertiary/aromatic N) is 2. The Morgan fingerprint density at radius 2 is 2.21 bits per heavy atom. The zero-order valence-corrected chi connectivity index (χ0v) is 11.8. The van der Waals surface area contributed by atoms with E-state index in [9.17, 15) is 0 Å². The number of aromatic nitrogens is 1. The third-order valence-electron chi connectivity index (χ3n) is 3.03. The number of aryl methyl sites for hydroxylation is 1. The van der Waals surface area contributed by atoms with Crippen LogP contribution < -0.4 is 10.2 Å². The molecule has 0 aliphatic heterocycles. The van der Waals surface area contributed by atoms with Crippen molar-refractivity contribution in [1.29, 1.82) is 0 Å². The van der Waals surface area contributed by atoms with Gasteiger partial charge in [-0.3, -0.25) is 0 Å². The molecule has 2 aromatic rings. The summed E-state index contributed by atoms with van der Waals surface area (Å²) in [6.45, 7) is 3.71. The van der Waals surface area contributed by atoms with E-state index in [2.05, 4.69) is 34.3 Å². The molecule has 0 aromatic carbocycles. The Kier molecular flexibility index (Phi) is 4.58. The largest absolute Gasteiger partial charge is 0.467 e. The van der Waals surface area contributed by atoms with Crippen molar-refractivity contribution in [2.45, 2.75) is 26.4 Å². The molecule has 1 N–H and O–H groups in total. The number of hydrogen-bond acceptors (Lipinski definition) is 4. The average Bonchev–Trinajstić information content (AvgIpc) is 2.91. The predicted molar refractivity (Wildman–Crippen MR) is 77.2 cm³/mol. The van der Waals surface area contributed by atoms with Crippen molar-refractivity contribution in [3.8, 4) is 0 Å². The molecule has 4 heteroatoms. The van der Waals surface area contributed by atoms with Crippen LogP contribution in [0.5, 0.6) is 0 Å². The van der Waals surface area contributed by atoms with E-state index in [0.29, 0.717) is 0 Å². The van der Waals surface area contributed by atoms with Gasteiger partial charge in [0.25, 0.3) is 0 Å². The van der Waals surface area contributed by atoms with E-state index in [0.717, 1.165) is 36.8 Å². The second-order valence-corrected chi connectivity index (χ2v) is 4.64. The molecule has 0 bridgehead atoms. The van der Waals surface area contributed by atoms with E-state index in [1.165, 1.54) is 5.56 Å². The normalized spacial score (nSPS) is 10.7. The molecule has 0 saturated carbocycles. The molecule has 2 heterocycles. The summed E-state index contributed by atoms with van der Waals surface area (Å²) in [6.07, 6.45) is 2.64. The quantitative estimate of drug-likeness (QED) is 0.865. The molecule has 2 rings (SSSR count). The van der Waals surface area contributed by atoms with Crippen LogP contribution in [-0.2, 0) is 19.5 Å². The number of pyridine rings is 1. The van der Waals surface area contributed by atoms with Gasteiger partial charge in [-0.25, -0.2) is 4.98 Å². The maximum Gasteiger partial charge on any atom is 0.129 e. The minimum absolute atomic E-state index is 0.728. The summed E-state index contributed by atoms with van der Waals surface area (Å²) >= 11 is 0. The van der Waals surface area contributed by atoms with Gasteiger partial charge in [-0.2, -0.15) is 0 Å². The summed E-state index contributed by atoms with van der Waals surface area (Å²) in [5, 5.41) is 3.18. The van der Waals surface area contributed by atoms with Crippen molar-refractivity contribution in [3.63, 3.8) is 0 Å². The first-order valence-electron chi connectivity index (χ1n) is 6.61. The van der Waals surface area contributed by atoms with Crippen molar-refractivity contribution in [3.05, 3.63) is 47.5 Å². The lowest BCUT2D eigenvalue weighted by Gasteiger charge is -2.18. The smallest absolute Gasteiger partial charge is 0.129 e. The molecule has 0 aliphatic rings. The van der Waals surface area contributed by atoms with Gasteiger partial charge in [-0.05, 0) is 43.3 Å². The lowest BCUT2D eigenvalue weighted by molar-refractivity contribution is 0.507. The van der Waals surface area contributed by atoms with Gasteiger partial charge in [0.05, 0.1) is 12.8 Å². The van der Waals surface area contributed by atoms with Crippen LogP contribution in [0.25, 0.3) is 0 Å². The molecular formula is C15H21N3O. The third-order valence-corrected chi connectivity index (χ3v) is 3.03. The minimum atomic E-state index is 0.728. The van der Waals surface area contributed by atoms with Crippen LogP contribution in [0.4, 0.5) is 5.82 Å². The van der Waals surface area contributed by atoms with Crippen LogP contribution in [0.15, 0.2) is 34.9 Å². The number of hydrogen-bond donors (Lipinski definition) is 1. The van der Waals surface area contributed by atoms with E-state index in [1.807, 2.05) is 26.2 Å². The van der Waals surface area contributed by atoms with E-state index < -0.39 is 0 Å². The fraction of sp³-hybridized carbons (Fsp3) is 0.400. The van der Waals surface area contributed by atoms with Crippen LogP contribution in [0.1, 0.15) is 23.9 Å². The number of rotatable bonds is 6. The lowest BCUT2D eigenvalue weighted by atomic mass is 10.2. The highest BCUT2D eigenvalue weighted by atomic mass is 16.3. The maximum atomic E-state index is 5.38. The van der Waals surface area contributed by atoms with E-state index in [-0.39, 0.29) is 0 Å². The number of anilines is 1. The summed E-state index contributed by atoms with van der Waals surface area (Å²) in [6, 6.07) is 8.17. The Labute approximate surface area is 114 Å². The highest BCUT2D eigenvalue weighted by Crippen LogP contribution is 2.17. The number of furan rings is 1. The summed E-state index contributed by atoms with van der Waals surface area (Å²) in [5.74, 6) is 1.93. The molecule has 0 fully saturated rings. The molecule has 0 radical (unpaired) electrons. The molecule has 0 unspecified atom stereocenters. The fourth-order valence-corrected chi connectivity index (χ4v) is 2.03. The maximum absolute atomic E-state index is 5.38. The van der Waals surface area contributed by atoms with Crippen molar-refractivity contribution in [2.24, 2.45) is 0 Å². The molecule has 0 atom stereocenters. The first-order chi connectivity index (χ1) is 9.22. The molecule has 102 valence electrons. The Morgan fingerprint density at radius 1 is 1.37 bits per heavy atom. The molecule has 0 spiro atoms. The molecule has 0 aliphatic carbocycles. The first-order valence-corrected chi connectivity index (χ1v) is 6.61. The Morgan fingerprint density at radius 3 is 2.84 bits per heavy atom. The van der Waals surface area contributed by atoms with Gasteiger partial charge in [0.15, 0.2) is 0 Å². The Hall–Kier alpha value is -1.81. The van der Waals surface area contributed by atoms with Crippen LogP contribution in [0.2, 0.25) is 0 Å². The van der Waals surface area contributed by atoms with Crippen LogP contribution in [-0.4, -0.2) is 19.1 Å². The van der Waals surface area contributed by atoms with Gasteiger partial charge < -0.3 is 14.6 Å². The zero-order chi connectivity index (χ0) is 13.7. The van der Waals surface area contributed by atoms with Crippen molar-refractivity contribution < 1.29 is 4.42 Å². The monoisotopic (exact) mass is 259 g/mol. The molecule has 4 nitrogen and oxygen atoms in total. The van der Waals surface area contributed by atoms with Crippen LogP contribution in [0, 0.1) is 0 Å². The van der Waals surface area contributed by atoms with Crippen LogP contribution in [0.3, 0.4) is 0 Å². The van der Waals surface area contributed by atoms with Gasteiger partial charge in [0.2, 0.25) is 0 Å². The predicted octanol–water partition coefficient (Wildman–Crippen LogP) is 2.59. The van der Waals surface area contributed by atoms with Crippen LogP contribution >= 0.6 is 0 Å². The van der Waals surface area contributed by atoms with Gasteiger partial charge in [-0.1, -0.05) is 6.92 Å². The minimum Gasteiger partial charge on any atom is -0.467 e. The van der Waals surface area contributed by atoms with Gasteiger partial charge in [-0.15, -0.1) is 0 Å². The summed E-state index contributed by atoms with van der Waals surface area (Å²) < 4.78 is 5.38. The molecular weight excluding hydrogens is 238 g/mol. The van der Waals surface area contributed by atoms with Gasteiger partial charge in [0.1, 0.15) is 11.6 Å². The van der Waals surface area contributed by atoms with E-state index in [1.54, 1.807) is 6.26 Å². The fourth-order valence-electron chi connectivity index (χ4n) is 2.03. The lowest BCUT2D eigenvalue weighted by Crippen LogP contribution is -2.18. The van der Waals surface area contributed by atoms with Gasteiger partial charge >= 0.3 is 0 Å². The Balaban J connectivity index is 2.19. The SMILES string of the molecule is CCc1cc(CNC)cc(N(C)Cc2ccco2)n1. The first kappa shape index (κ1) is 13.6. The van der Waals surface area contributed by atoms with Crippen molar-refractivity contribution in [2.75, 3.05) is 19.0 Å². The van der Waals surface area contributed by atoms with E-state index >= 15 is 0 Å². The molecule has 19 heavy (non-hydrogen) atoms. The Bertz CT molecular complexity index is 508. The molecule has 0 saturated heterocycles. The zero-order valence-electron chi connectivity index (χ0n) is 11.8. The standard InChI is InChI=1S/C15H21N3O/c1-4-13-8-12(10-16-2)9-15(17-13)18(3)11-14-6-5-7-19-14/h5-9,16H,4,10-11H2,1-3H3. The van der Waals surface area contributed by atoms with Crippen molar-refractivity contribution in [1.82, 2.24) is 10.3 Å². The summed E-state index contributed by atoms with van der Waals surface area (Å²) in [4.78, 5) is 6.78. The average molecular weight is 259 g/mol. The molecule has 2 aromatic heterocycles. The third kappa shape index (κ3) is 3.58. The highest BCUT2D eigenvalue weighted by Gasteiger charge is 2.08. The van der Waals surface area contributed by atoms with Gasteiger partial charge in [0, 0.05) is 19.3 Å². The van der Waals surface area contributed by atoms with Crippen molar-refractivity contribution >= 4 is 5.82 Å². The second kappa shape index (κ2) is 6.38. The summed E-state index contributed by atoms with van der Waals surface area (Å²) in [5.41, 5.74) is 2.38. The summed E-state index contributed by atoms with van der Waals surface area (Å²) in [7, 11) is 3.99.